The molecule has 2 aromatic carbocycles. The molecule has 0 aliphatic heterocycles. The summed E-state index contributed by atoms with van der Waals surface area (Å²) in [5.74, 6) is 0.180. The molecule has 0 aliphatic rings. The average molecular weight is 400 g/mol. The number of nitrogens with one attached hydrogen (secondary N) is 1. The Bertz CT molecular complexity index is 753. The number of carbonyl (C=O) groups is 2. The van der Waals surface area contributed by atoms with Crippen molar-refractivity contribution in [3.8, 4) is 5.75 Å². The molecule has 0 fully saturated rings. The summed E-state index contributed by atoms with van der Waals surface area (Å²) in [4.78, 5) is 22.4. The first-order chi connectivity index (χ1) is 11.9. The van der Waals surface area contributed by atoms with E-state index in [0.29, 0.717) is 27.2 Å². The molecule has 8 heteroatoms. The van der Waals surface area contributed by atoms with Gasteiger partial charge in [-0.3, -0.25) is 4.79 Å². The van der Waals surface area contributed by atoms with Gasteiger partial charge in [0.05, 0.1) is 15.8 Å². The van der Waals surface area contributed by atoms with Gasteiger partial charge in [-0.05, 0) is 42.0 Å². The molecule has 0 saturated carbocycles. The van der Waals surface area contributed by atoms with E-state index in [-0.39, 0.29) is 11.7 Å². The first-order valence-electron chi connectivity index (χ1n) is 7.20. The van der Waals surface area contributed by atoms with Gasteiger partial charge in [0.15, 0.2) is 6.61 Å². The number of carbonyl (C=O) groups excluding carboxylic acids is 1. The Kier molecular flexibility index (Phi) is 7.43. The molecule has 25 heavy (non-hydrogen) atoms. The molecular weight excluding hydrogens is 385 g/mol. The van der Waals surface area contributed by atoms with Crippen molar-refractivity contribution in [3.63, 3.8) is 0 Å². The summed E-state index contributed by atoms with van der Waals surface area (Å²) in [5.41, 5.74) is 1.61. The van der Waals surface area contributed by atoms with Gasteiger partial charge in [0.1, 0.15) is 5.75 Å². The molecule has 0 spiro atoms. The van der Waals surface area contributed by atoms with Gasteiger partial charge in [0.2, 0.25) is 5.91 Å². The molecule has 0 bridgehead atoms. The fourth-order valence-corrected chi connectivity index (χ4v) is 2.96. The largest absolute Gasteiger partial charge is 0.482 e. The molecular formula is C17H15Cl2NO4S. The van der Waals surface area contributed by atoms with Crippen molar-refractivity contribution in [1.29, 1.82) is 0 Å². The third-order valence-electron chi connectivity index (χ3n) is 2.99. The zero-order valence-corrected chi connectivity index (χ0v) is 15.3. The van der Waals surface area contributed by atoms with Gasteiger partial charge in [0.25, 0.3) is 0 Å². The van der Waals surface area contributed by atoms with Crippen LogP contribution in [-0.2, 0) is 15.3 Å². The van der Waals surface area contributed by atoms with Crippen molar-refractivity contribution < 1.29 is 19.4 Å². The van der Waals surface area contributed by atoms with Gasteiger partial charge in [-0.25, -0.2) is 4.79 Å². The summed E-state index contributed by atoms with van der Waals surface area (Å²) in [6, 6.07) is 11.9. The topological polar surface area (TPSA) is 75.6 Å². The normalized spacial score (nSPS) is 10.3. The number of amides is 1. The van der Waals surface area contributed by atoms with Crippen LogP contribution in [0.1, 0.15) is 5.56 Å². The Hall–Kier alpha value is -1.89. The second-order valence-electron chi connectivity index (χ2n) is 5.00. The quantitative estimate of drug-likeness (QED) is 0.690. The number of thioether (sulfide) groups is 1. The molecule has 0 radical (unpaired) electrons. The third-order valence-corrected chi connectivity index (χ3v) is 4.73. The van der Waals surface area contributed by atoms with Crippen molar-refractivity contribution in [1.82, 2.24) is 0 Å². The van der Waals surface area contributed by atoms with Gasteiger partial charge >= 0.3 is 5.97 Å². The summed E-state index contributed by atoms with van der Waals surface area (Å²) in [6.07, 6.45) is 0. The standard InChI is InChI=1S/C17H15Cl2NO4S/c18-14-6-1-11(7-15(14)19)9-25-10-16(21)20-12-2-4-13(5-3-12)24-8-17(22)23/h1-7H,8-10H2,(H,20,21)(H,22,23). The highest BCUT2D eigenvalue weighted by atomic mass is 35.5. The maximum absolute atomic E-state index is 11.9. The third kappa shape index (κ3) is 6.86. The molecule has 132 valence electrons. The minimum atomic E-state index is -1.05. The number of anilines is 1. The summed E-state index contributed by atoms with van der Waals surface area (Å²) in [5, 5.41) is 12.3. The fourth-order valence-electron chi connectivity index (χ4n) is 1.87. The Morgan fingerprint density at radius 2 is 1.80 bits per heavy atom. The second-order valence-corrected chi connectivity index (χ2v) is 6.80. The fraction of sp³-hybridized carbons (Fsp3) is 0.176. The number of ether oxygens (including phenoxy) is 1. The van der Waals surface area contributed by atoms with Gasteiger partial charge < -0.3 is 15.2 Å². The van der Waals surface area contributed by atoms with Crippen LogP contribution in [0.25, 0.3) is 0 Å². The van der Waals surface area contributed by atoms with E-state index in [2.05, 4.69) is 5.32 Å². The highest BCUT2D eigenvalue weighted by Crippen LogP contribution is 2.24. The van der Waals surface area contributed by atoms with E-state index >= 15 is 0 Å². The van der Waals surface area contributed by atoms with Gasteiger partial charge in [-0.1, -0.05) is 29.3 Å². The SMILES string of the molecule is O=C(O)COc1ccc(NC(=O)CSCc2ccc(Cl)c(Cl)c2)cc1. The monoisotopic (exact) mass is 399 g/mol. The van der Waals surface area contributed by atoms with Crippen molar-refractivity contribution >= 4 is 52.5 Å². The number of hydrogen-bond donors (Lipinski definition) is 2. The summed E-state index contributed by atoms with van der Waals surface area (Å²) >= 11 is 13.3. The summed E-state index contributed by atoms with van der Waals surface area (Å²) in [6.45, 7) is -0.406. The van der Waals surface area contributed by atoms with Gasteiger partial charge in [0, 0.05) is 11.4 Å². The van der Waals surface area contributed by atoms with Gasteiger partial charge in [-0.2, -0.15) is 0 Å². The molecule has 2 rings (SSSR count). The van der Waals surface area contributed by atoms with Crippen molar-refractivity contribution in [2.45, 2.75) is 5.75 Å². The number of carboxylic acid groups (broad SMARTS) is 1. The van der Waals surface area contributed by atoms with Crippen LogP contribution in [0.2, 0.25) is 10.0 Å². The molecule has 2 aromatic rings. The number of rotatable bonds is 8. The van der Waals surface area contributed by atoms with Crippen molar-refractivity contribution in [3.05, 3.63) is 58.1 Å². The van der Waals surface area contributed by atoms with E-state index in [1.54, 1.807) is 36.4 Å². The minimum absolute atomic E-state index is 0.135. The number of hydrogen-bond acceptors (Lipinski definition) is 4. The van der Waals surface area contributed by atoms with Crippen LogP contribution in [0.15, 0.2) is 42.5 Å². The number of aliphatic carboxylic acids is 1. The Balaban J connectivity index is 1.76. The maximum Gasteiger partial charge on any atom is 0.341 e. The molecule has 0 aliphatic carbocycles. The Labute approximate surface area is 159 Å². The molecule has 0 atom stereocenters. The minimum Gasteiger partial charge on any atom is -0.482 e. The number of carboxylic acids is 1. The van der Waals surface area contributed by atoms with Crippen LogP contribution in [0, 0.1) is 0 Å². The van der Waals surface area contributed by atoms with E-state index in [1.807, 2.05) is 6.07 Å². The van der Waals surface area contributed by atoms with Gasteiger partial charge in [-0.15, -0.1) is 11.8 Å². The summed E-state index contributed by atoms with van der Waals surface area (Å²) in [7, 11) is 0. The van der Waals surface area contributed by atoms with Crippen LogP contribution in [-0.4, -0.2) is 29.3 Å². The Morgan fingerprint density at radius 1 is 1.08 bits per heavy atom. The molecule has 0 saturated heterocycles. The molecule has 0 aromatic heterocycles. The lowest BCUT2D eigenvalue weighted by molar-refractivity contribution is -0.139. The van der Waals surface area contributed by atoms with E-state index in [4.69, 9.17) is 33.0 Å². The highest BCUT2D eigenvalue weighted by Gasteiger charge is 2.05. The van der Waals surface area contributed by atoms with Crippen LogP contribution < -0.4 is 10.1 Å². The number of benzene rings is 2. The van der Waals surface area contributed by atoms with Crippen LogP contribution in [0.5, 0.6) is 5.75 Å². The molecule has 0 heterocycles. The van der Waals surface area contributed by atoms with Crippen molar-refractivity contribution in [2.75, 3.05) is 17.7 Å². The van der Waals surface area contributed by atoms with Crippen molar-refractivity contribution in [2.24, 2.45) is 0 Å². The highest BCUT2D eigenvalue weighted by molar-refractivity contribution is 7.99. The summed E-state index contributed by atoms with van der Waals surface area (Å²) < 4.78 is 5.02. The first-order valence-corrected chi connectivity index (χ1v) is 9.11. The maximum atomic E-state index is 11.9. The lowest BCUT2D eigenvalue weighted by atomic mass is 10.2. The smallest absolute Gasteiger partial charge is 0.341 e. The second kappa shape index (κ2) is 9.56. The van der Waals surface area contributed by atoms with Crippen LogP contribution in [0.3, 0.4) is 0 Å². The lowest BCUT2D eigenvalue weighted by Crippen LogP contribution is -2.14. The van der Waals surface area contributed by atoms with Crippen LogP contribution in [0.4, 0.5) is 5.69 Å². The Morgan fingerprint density at radius 3 is 2.44 bits per heavy atom. The molecule has 1 amide bonds. The predicted molar refractivity (Wildman–Crippen MR) is 101 cm³/mol. The van der Waals surface area contributed by atoms with E-state index in [1.165, 1.54) is 11.8 Å². The van der Waals surface area contributed by atoms with E-state index < -0.39 is 12.6 Å². The van der Waals surface area contributed by atoms with Crippen LogP contribution >= 0.6 is 35.0 Å². The molecule has 5 nitrogen and oxygen atoms in total. The number of halogens is 2. The predicted octanol–water partition coefficient (Wildman–Crippen LogP) is 4.33. The zero-order valence-electron chi connectivity index (χ0n) is 13.0. The molecule has 2 N–H and O–H groups in total. The molecule has 0 unspecified atom stereocenters. The first kappa shape index (κ1) is 19.4. The lowest BCUT2D eigenvalue weighted by Gasteiger charge is -2.07. The van der Waals surface area contributed by atoms with E-state index in [0.717, 1.165) is 5.56 Å². The van der Waals surface area contributed by atoms with E-state index in [9.17, 15) is 9.59 Å². The zero-order chi connectivity index (χ0) is 18.2. The average Bonchev–Trinajstić information content (AvgIpc) is 2.57.